The van der Waals surface area contributed by atoms with E-state index in [0.717, 1.165) is 12.8 Å². The van der Waals surface area contributed by atoms with Crippen molar-refractivity contribution in [2.24, 2.45) is 0 Å². The number of sulfone groups is 1. The summed E-state index contributed by atoms with van der Waals surface area (Å²) in [5.74, 6) is -0.241. The molecular formula is C8H13NO2S. The van der Waals surface area contributed by atoms with Gasteiger partial charge in [0.15, 0.2) is 9.84 Å². The van der Waals surface area contributed by atoms with E-state index in [0.29, 0.717) is 6.42 Å². The molecule has 0 fully saturated rings. The first kappa shape index (κ1) is 11.2. The minimum atomic E-state index is -3.11. The third kappa shape index (κ3) is 5.93. The summed E-state index contributed by atoms with van der Waals surface area (Å²) in [4.78, 5) is 0. The number of nitrogens with zero attached hydrogens (tertiary/aromatic N) is 1. The van der Waals surface area contributed by atoms with Crippen molar-refractivity contribution in [2.45, 2.75) is 19.3 Å². The molecule has 0 rings (SSSR count). The Morgan fingerprint density at radius 2 is 2.08 bits per heavy atom. The molecule has 0 aliphatic carbocycles. The lowest BCUT2D eigenvalue weighted by molar-refractivity contribution is 0.595. The molecule has 0 aromatic heterocycles. The second-order valence-corrected chi connectivity index (χ2v) is 4.72. The van der Waals surface area contributed by atoms with Gasteiger partial charge in [-0.3, -0.25) is 0 Å². The Labute approximate surface area is 73.6 Å². The van der Waals surface area contributed by atoms with Crippen LogP contribution in [-0.4, -0.2) is 19.9 Å². The topological polar surface area (TPSA) is 57.9 Å². The predicted octanol–water partition coefficient (Wildman–Crippen LogP) is 1.28. The molecule has 0 radical (unpaired) electrons. The molecule has 4 heteroatoms. The van der Waals surface area contributed by atoms with Gasteiger partial charge in [-0.25, -0.2) is 8.42 Å². The zero-order valence-electron chi connectivity index (χ0n) is 6.99. The van der Waals surface area contributed by atoms with Crippen LogP contribution < -0.4 is 0 Å². The fourth-order valence-corrected chi connectivity index (χ4v) is 1.77. The van der Waals surface area contributed by atoms with E-state index in [-0.39, 0.29) is 11.5 Å². The number of nitriles is 1. The molecule has 0 bridgehead atoms. The molecule has 3 nitrogen and oxygen atoms in total. The van der Waals surface area contributed by atoms with Gasteiger partial charge in [0, 0.05) is 0 Å². The molecular weight excluding hydrogens is 174 g/mol. The van der Waals surface area contributed by atoms with Crippen molar-refractivity contribution in [1.29, 1.82) is 5.26 Å². The van der Waals surface area contributed by atoms with E-state index < -0.39 is 9.84 Å². The van der Waals surface area contributed by atoms with Gasteiger partial charge in [-0.2, -0.15) is 5.26 Å². The maximum atomic E-state index is 10.9. The lowest BCUT2D eigenvalue weighted by Gasteiger charge is -1.97. The van der Waals surface area contributed by atoms with Crippen LogP contribution in [0.5, 0.6) is 0 Å². The minimum absolute atomic E-state index is 0.119. The number of unbranched alkanes of at least 4 members (excludes halogenated alkanes) is 2. The quantitative estimate of drug-likeness (QED) is 0.465. The summed E-state index contributed by atoms with van der Waals surface area (Å²) in [5, 5.41) is 8.16. The SMILES string of the molecule is C=CCCCCS(=O)(=O)CC#N. The molecule has 0 aliphatic heterocycles. The molecule has 0 N–H and O–H groups in total. The highest BCUT2D eigenvalue weighted by molar-refractivity contribution is 7.91. The zero-order valence-corrected chi connectivity index (χ0v) is 7.81. The van der Waals surface area contributed by atoms with Crippen LogP contribution in [0.2, 0.25) is 0 Å². The third-order valence-corrected chi connectivity index (χ3v) is 2.88. The lowest BCUT2D eigenvalue weighted by Crippen LogP contribution is -2.09. The van der Waals surface area contributed by atoms with Gasteiger partial charge < -0.3 is 0 Å². The molecule has 0 spiro atoms. The first-order valence-electron chi connectivity index (χ1n) is 3.80. The van der Waals surface area contributed by atoms with E-state index in [1.54, 1.807) is 12.1 Å². The normalized spacial score (nSPS) is 10.6. The van der Waals surface area contributed by atoms with E-state index in [1.165, 1.54) is 0 Å². The summed E-state index contributed by atoms with van der Waals surface area (Å²) in [6.07, 6.45) is 4.04. The van der Waals surface area contributed by atoms with Crippen LogP contribution in [-0.2, 0) is 9.84 Å². The zero-order chi connectivity index (χ0) is 9.45. The maximum Gasteiger partial charge on any atom is 0.163 e. The molecule has 0 unspecified atom stereocenters. The highest BCUT2D eigenvalue weighted by Gasteiger charge is 2.08. The van der Waals surface area contributed by atoms with Crippen molar-refractivity contribution in [2.75, 3.05) is 11.5 Å². The number of hydrogen-bond acceptors (Lipinski definition) is 3. The van der Waals surface area contributed by atoms with Gasteiger partial charge in [0.2, 0.25) is 0 Å². The van der Waals surface area contributed by atoms with Crippen molar-refractivity contribution >= 4 is 9.84 Å². The van der Waals surface area contributed by atoms with Crippen LogP contribution in [0.25, 0.3) is 0 Å². The fourth-order valence-electron chi connectivity index (χ4n) is 0.781. The maximum absolute atomic E-state index is 10.9. The van der Waals surface area contributed by atoms with Gasteiger partial charge in [0.05, 0.1) is 11.8 Å². The van der Waals surface area contributed by atoms with Gasteiger partial charge >= 0.3 is 0 Å². The molecule has 0 aliphatic rings. The largest absolute Gasteiger partial charge is 0.228 e. The number of allylic oxidation sites excluding steroid dienone is 1. The van der Waals surface area contributed by atoms with E-state index >= 15 is 0 Å². The Morgan fingerprint density at radius 1 is 1.42 bits per heavy atom. The predicted molar refractivity (Wildman–Crippen MR) is 48.3 cm³/mol. The highest BCUT2D eigenvalue weighted by atomic mass is 32.2. The van der Waals surface area contributed by atoms with Crippen LogP contribution >= 0.6 is 0 Å². The molecule has 0 atom stereocenters. The second-order valence-electron chi connectivity index (χ2n) is 2.53. The second kappa shape index (κ2) is 5.78. The minimum Gasteiger partial charge on any atom is -0.228 e. The van der Waals surface area contributed by atoms with E-state index in [2.05, 4.69) is 6.58 Å². The van der Waals surface area contributed by atoms with Gasteiger partial charge in [-0.1, -0.05) is 6.08 Å². The molecule has 0 aromatic rings. The molecule has 0 amide bonds. The van der Waals surface area contributed by atoms with Crippen molar-refractivity contribution in [3.05, 3.63) is 12.7 Å². The van der Waals surface area contributed by atoms with Crippen LogP contribution in [0.3, 0.4) is 0 Å². The number of rotatable bonds is 6. The van der Waals surface area contributed by atoms with Crippen molar-refractivity contribution < 1.29 is 8.42 Å². The Hall–Kier alpha value is -0.820. The first-order valence-corrected chi connectivity index (χ1v) is 5.63. The monoisotopic (exact) mass is 187 g/mol. The Morgan fingerprint density at radius 3 is 2.58 bits per heavy atom. The summed E-state index contributed by atoms with van der Waals surface area (Å²) in [6.45, 7) is 3.53. The van der Waals surface area contributed by atoms with Crippen molar-refractivity contribution in [3.63, 3.8) is 0 Å². The molecule has 0 aromatic carbocycles. The molecule has 12 heavy (non-hydrogen) atoms. The fraction of sp³-hybridized carbons (Fsp3) is 0.625. The van der Waals surface area contributed by atoms with E-state index in [4.69, 9.17) is 5.26 Å². The smallest absolute Gasteiger partial charge is 0.163 e. The van der Waals surface area contributed by atoms with Crippen molar-refractivity contribution in [1.82, 2.24) is 0 Å². The first-order chi connectivity index (χ1) is 5.62. The molecule has 0 saturated carbocycles. The Kier molecular flexibility index (Phi) is 5.39. The van der Waals surface area contributed by atoms with Gasteiger partial charge in [0.25, 0.3) is 0 Å². The Bertz CT molecular complexity index is 261. The average molecular weight is 187 g/mol. The third-order valence-electron chi connectivity index (χ3n) is 1.40. The highest BCUT2D eigenvalue weighted by Crippen LogP contribution is 2.00. The summed E-state index contributed by atoms with van der Waals surface area (Å²) < 4.78 is 21.9. The van der Waals surface area contributed by atoms with Crippen LogP contribution in [0.1, 0.15) is 19.3 Å². The summed E-state index contributed by atoms with van der Waals surface area (Å²) in [7, 11) is -3.11. The summed E-state index contributed by atoms with van der Waals surface area (Å²) in [6, 6.07) is 1.64. The average Bonchev–Trinajstić information content (AvgIpc) is 1.98. The van der Waals surface area contributed by atoms with Gasteiger partial charge in [0.1, 0.15) is 5.75 Å². The van der Waals surface area contributed by atoms with Crippen LogP contribution in [0.4, 0.5) is 0 Å². The molecule has 0 heterocycles. The lowest BCUT2D eigenvalue weighted by atomic mass is 10.2. The van der Waals surface area contributed by atoms with E-state index in [1.807, 2.05) is 0 Å². The Balaban J connectivity index is 3.63. The van der Waals surface area contributed by atoms with Crippen LogP contribution in [0.15, 0.2) is 12.7 Å². The number of hydrogen-bond donors (Lipinski definition) is 0. The van der Waals surface area contributed by atoms with E-state index in [9.17, 15) is 8.42 Å². The van der Waals surface area contributed by atoms with Crippen molar-refractivity contribution in [3.8, 4) is 6.07 Å². The molecule has 68 valence electrons. The standard InChI is InChI=1S/C8H13NO2S/c1-2-3-4-5-7-12(10,11)8-6-9/h2H,1,3-5,7-8H2. The molecule has 0 saturated heterocycles. The van der Waals surface area contributed by atoms with Gasteiger partial charge in [-0.15, -0.1) is 6.58 Å². The van der Waals surface area contributed by atoms with Gasteiger partial charge in [-0.05, 0) is 19.3 Å². The van der Waals surface area contributed by atoms with Crippen LogP contribution in [0, 0.1) is 11.3 Å². The summed E-state index contributed by atoms with van der Waals surface area (Å²) in [5.41, 5.74) is 0. The summed E-state index contributed by atoms with van der Waals surface area (Å²) >= 11 is 0.